The van der Waals surface area contributed by atoms with Crippen molar-refractivity contribution in [3.05, 3.63) is 11.6 Å². The van der Waals surface area contributed by atoms with E-state index in [9.17, 15) is 50.8 Å². The molecule has 9 N–H and O–H groups in total. The van der Waals surface area contributed by atoms with Crippen molar-refractivity contribution in [1.82, 2.24) is 0 Å². The van der Waals surface area contributed by atoms with Gasteiger partial charge in [0.05, 0.1) is 25.4 Å². The molecule has 0 bridgehead atoms. The Morgan fingerprint density at radius 3 is 2.02 bits per heavy atom. The number of fused-ring (bicyclic) bond motifs is 5. The lowest BCUT2D eigenvalue weighted by molar-refractivity contribution is -0.391. The summed E-state index contributed by atoms with van der Waals surface area (Å²) in [6, 6.07) is 0. The third-order valence-electron chi connectivity index (χ3n) is 14.9. The van der Waals surface area contributed by atoms with Crippen molar-refractivity contribution in [3.63, 3.8) is 0 Å². The first-order chi connectivity index (χ1) is 26.0. The maximum absolute atomic E-state index is 12.6. The van der Waals surface area contributed by atoms with Gasteiger partial charge in [0.25, 0.3) is 0 Å². The molecule has 0 unspecified atom stereocenters. The van der Waals surface area contributed by atoms with Crippen LogP contribution < -0.4 is 0 Å². The zero-order chi connectivity index (χ0) is 39.7. The minimum atomic E-state index is -1.81. The average Bonchev–Trinajstić information content (AvgIpc) is 3.52. The first-order valence-corrected chi connectivity index (χ1v) is 20.2. The van der Waals surface area contributed by atoms with Crippen LogP contribution in [0.3, 0.4) is 0 Å². The SMILES string of the molecule is CC(=O)C1=CC[C@@H]2[C@H]3CC[C@H]4C[C@@H](O[C@@H]5O[C@@H](CO)[C@H](O[C@@H]6O[C@@H](C)[C@H](O)[C@@H](O)[C@H]6O)[C@H](O)[C@H]5O[C@H]5O[C@H](CO)[C@@H](O)[C@H](O)[C@H]5O)CC[C@]4(C)[C@@H]3CC[C@@]12C. The Hall–Kier alpha value is -1.19. The summed E-state index contributed by atoms with van der Waals surface area (Å²) < 4.78 is 36.1. The summed E-state index contributed by atoms with van der Waals surface area (Å²) in [6.45, 7) is 6.44. The fraction of sp³-hybridized carbons (Fsp3) is 0.923. The van der Waals surface area contributed by atoms with E-state index in [1.165, 1.54) is 6.92 Å². The highest BCUT2D eigenvalue weighted by Crippen LogP contribution is 2.66. The Labute approximate surface area is 321 Å². The van der Waals surface area contributed by atoms with Gasteiger partial charge in [0.2, 0.25) is 0 Å². The van der Waals surface area contributed by atoms with Crippen molar-refractivity contribution < 1.29 is 79.2 Å². The van der Waals surface area contributed by atoms with Gasteiger partial charge in [-0.3, -0.25) is 4.79 Å². The van der Waals surface area contributed by atoms with Crippen LogP contribution in [0.1, 0.15) is 79.1 Å². The summed E-state index contributed by atoms with van der Waals surface area (Å²) in [7, 11) is 0. The van der Waals surface area contributed by atoms with E-state index in [-0.39, 0.29) is 22.7 Å². The van der Waals surface area contributed by atoms with Gasteiger partial charge in [-0.15, -0.1) is 0 Å². The Kier molecular flexibility index (Phi) is 12.3. The Balaban J connectivity index is 1.09. The highest BCUT2D eigenvalue weighted by Gasteiger charge is 2.60. The zero-order valence-corrected chi connectivity index (χ0v) is 32.1. The van der Waals surface area contributed by atoms with Crippen LogP contribution in [0.2, 0.25) is 0 Å². The number of rotatable bonds is 9. The minimum Gasteiger partial charge on any atom is -0.394 e. The van der Waals surface area contributed by atoms with Gasteiger partial charge in [-0.2, -0.15) is 0 Å². The number of Topliss-reactive ketones (excluding diaryl/α,β-unsaturated/α-hetero) is 1. The first-order valence-electron chi connectivity index (χ1n) is 20.2. The normalized spacial score (nSPS) is 54.2. The maximum Gasteiger partial charge on any atom is 0.187 e. The maximum atomic E-state index is 12.6. The topological polar surface area (TPSA) is 255 Å². The van der Waals surface area contributed by atoms with Crippen LogP contribution in [0.5, 0.6) is 0 Å². The van der Waals surface area contributed by atoms with Crippen LogP contribution in [-0.4, -0.2) is 163 Å². The first kappa shape index (κ1) is 42.0. The number of carbonyl (C=O) groups excluding carboxylic acids is 1. The van der Waals surface area contributed by atoms with Gasteiger partial charge in [0, 0.05) is 0 Å². The molecule has 0 spiro atoms. The van der Waals surface area contributed by atoms with Crippen LogP contribution in [0.4, 0.5) is 0 Å². The smallest absolute Gasteiger partial charge is 0.187 e. The summed E-state index contributed by atoms with van der Waals surface area (Å²) in [5.74, 6) is 2.00. The summed E-state index contributed by atoms with van der Waals surface area (Å²) in [6.07, 6.45) is -13.7. The van der Waals surface area contributed by atoms with Gasteiger partial charge in [0.15, 0.2) is 24.7 Å². The third-order valence-corrected chi connectivity index (χ3v) is 14.9. The van der Waals surface area contributed by atoms with Gasteiger partial charge < -0.3 is 74.4 Å². The molecular weight excluding hydrogens is 724 g/mol. The van der Waals surface area contributed by atoms with Gasteiger partial charge in [0.1, 0.15) is 67.1 Å². The summed E-state index contributed by atoms with van der Waals surface area (Å²) in [4.78, 5) is 12.6. The largest absolute Gasteiger partial charge is 0.394 e. The van der Waals surface area contributed by atoms with Gasteiger partial charge in [-0.25, -0.2) is 0 Å². The van der Waals surface area contributed by atoms with Crippen LogP contribution in [-0.2, 0) is 33.2 Å². The molecule has 4 aliphatic carbocycles. The quantitative estimate of drug-likeness (QED) is 0.127. The second kappa shape index (κ2) is 16.1. The van der Waals surface area contributed by atoms with E-state index in [1.807, 2.05) is 0 Å². The molecule has 3 heterocycles. The predicted octanol–water partition coefficient (Wildman–Crippen LogP) is -0.984. The van der Waals surface area contributed by atoms with E-state index in [0.717, 1.165) is 44.1 Å². The number of aliphatic hydroxyl groups is 9. The molecule has 16 heteroatoms. The van der Waals surface area contributed by atoms with Crippen molar-refractivity contribution in [3.8, 4) is 0 Å². The van der Waals surface area contributed by atoms with E-state index >= 15 is 0 Å². The van der Waals surface area contributed by atoms with Crippen LogP contribution in [0, 0.1) is 34.5 Å². The van der Waals surface area contributed by atoms with Crippen molar-refractivity contribution >= 4 is 5.78 Å². The van der Waals surface area contributed by atoms with E-state index in [0.29, 0.717) is 36.5 Å². The zero-order valence-electron chi connectivity index (χ0n) is 32.1. The number of hydrogen-bond acceptors (Lipinski definition) is 16. The molecule has 16 nitrogen and oxygen atoms in total. The average molecular weight is 787 g/mol. The van der Waals surface area contributed by atoms with Crippen molar-refractivity contribution in [2.24, 2.45) is 34.5 Å². The monoisotopic (exact) mass is 786 g/mol. The molecule has 0 aromatic carbocycles. The molecule has 0 amide bonds. The molecule has 0 aromatic heterocycles. The number of carbonyl (C=O) groups is 1. The lowest BCUT2D eigenvalue weighted by Crippen LogP contribution is -2.67. The predicted molar refractivity (Wildman–Crippen MR) is 188 cm³/mol. The molecule has 3 aliphatic heterocycles. The molecule has 3 saturated heterocycles. The molecule has 6 fully saturated rings. The number of allylic oxidation sites excluding steroid dienone is 2. The van der Waals surface area contributed by atoms with Crippen LogP contribution in [0.15, 0.2) is 11.6 Å². The summed E-state index contributed by atoms with van der Waals surface area (Å²) in [5.41, 5.74) is 0.986. The molecule has 314 valence electrons. The number of aliphatic hydroxyl groups excluding tert-OH is 9. The second-order valence-electron chi connectivity index (χ2n) is 17.9. The molecule has 3 saturated carbocycles. The third kappa shape index (κ3) is 7.28. The summed E-state index contributed by atoms with van der Waals surface area (Å²) >= 11 is 0. The van der Waals surface area contributed by atoms with Crippen molar-refractivity contribution in [2.45, 2.75) is 177 Å². The fourth-order valence-corrected chi connectivity index (χ4v) is 11.7. The number of hydrogen-bond donors (Lipinski definition) is 9. The minimum absolute atomic E-state index is 0.0604. The lowest BCUT2D eigenvalue weighted by Gasteiger charge is -2.61. The Morgan fingerprint density at radius 2 is 1.35 bits per heavy atom. The molecule has 0 radical (unpaired) electrons. The summed E-state index contributed by atoms with van der Waals surface area (Å²) in [5, 5.41) is 95.1. The number of ketones is 1. The lowest BCUT2D eigenvalue weighted by atomic mass is 9.44. The highest BCUT2D eigenvalue weighted by molar-refractivity contribution is 5.95. The van der Waals surface area contributed by atoms with Crippen LogP contribution >= 0.6 is 0 Å². The number of ether oxygens (including phenoxy) is 6. The molecule has 7 aliphatic rings. The van der Waals surface area contributed by atoms with Crippen molar-refractivity contribution in [1.29, 1.82) is 0 Å². The van der Waals surface area contributed by atoms with Gasteiger partial charge in [-0.1, -0.05) is 19.9 Å². The standard InChI is InChI=1S/C39H62O16/c1-16(42)21-7-8-22-20-6-5-18-13-19(9-11-38(18,3)23(20)10-12-39(21,22)4)51-37-34(55-36-31(48)29(46)27(44)24(14-40)52-36)32(49)33(25(15-41)53-37)54-35-30(47)28(45)26(43)17(2)50-35/h7,17-20,22-37,40-41,43-49H,5-6,8-15H2,1-4H3/t17-,18-,19-,20+,22+,23+,24+,25-,26-,27+,28+,29-,30+,31+,32-,33-,34+,35-,36+,37+,38-,39-/m0/s1. The van der Waals surface area contributed by atoms with E-state index in [2.05, 4.69) is 19.9 Å². The Morgan fingerprint density at radius 1 is 0.709 bits per heavy atom. The van der Waals surface area contributed by atoms with E-state index < -0.39 is 105 Å². The van der Waals surface area contributed by atoms with Gasteiger partial charge in [-0.05, 0) is 105 Å². The van der Waals surface area contributed by atoms with Gasteiger partial charge >= 0.3 is 0 Å². The van der Waals surface area contributed by atoms with Crippen molar-refractivity contribution in [2.75, 3.05) is 13.2 Å². The second-order valence-corrected chi connectivity index (χ2v) is 17.9. The fourth-order valence-electron chi connectivity index (χ4n) is 11.7. The molecule has 55 heavy (non-hydrogen) atoms. The Bertz CT molecular complexity index is 1400. The van der Waals surface area contributed by atoms with E-state index in [4.69, 9.17) is 28.4 Å². The molecule has 0 aromatic rings. The molecular formula is C39H62O16. The van der Waals surface area contributed by atoms with E-state index in [1.54, 1.807) is 6.92 Å². The van der Waals surface area contributed by atoms with Crippen LogP contribution in [0.25, 0.3) is 0 Å². The molecule has 22 atom stereocenters. The molecule has 7 rings (SSSR count). The highest BCUT2D eigenvalue weighted by atomic mass is 16.8.